The number of piperidine rings is 1. The molecule has 1 saturated heterocycles. The Kier molecular flexibility index (Phi) is 2.85. The summed E-state index contributed by atoms with van der Waals surface area (Å²) in [7, 11) is 1.74. The minimum Gasteiger partial charge on any atom is -0.384 e. The average molecular weight is 222 g/mol. The summed E-state index contributed by atoms with van der Waals surface area (Å²) in [4.78, 5) is 14.1. The standard InChI is InChI=1S/C11H18N4O/c1-8-5-3-4-6-15(8)11(16)9-7-10(12)14(2)13-9/h7-8H,3-6,12H2,1-2H3. The molecule has 1 atom stereocenters. The zero-order chi connectivity index (χ0) is 11.7. The molecular weight excluding hydrogens is 204 g/mol. The van der Waals surface area contributed by atoms with Crippen molar-refractivity contribution in [3.05, 3.63) is 11.8 Å². The molecule has 1 amide bonds. The Balaban J connectivity index is 2.17. The first-order chi connectivity index (χ1) is 7.59. The lowest BCUT2D eigenvalue weighted by Crippen LogP contribution is -2.42. The van der Waals surface area contributed by atoms with Crippen LogP contribution in [-0.2, 0) is 7.05 Å². The van der Waals surface area contributed by atoms with Crippen molar-refractivity contribution in [1.29, 1.82) is 0 Å². The Bertz CT molecular complexity index is 379. The van der Waals surface area contributed by atoms with Crippen LogP contribution in [0.1, 0.15) is 36.7 Å². The number of anilines is 1. The molecule has 2 heterocycles. The number of carbonyl (C=O) groups excluding carboxylic acids is 1. The zero-order valence-corrected chi connectivity index (χ0v) is 9.81. The van der Waals surface area contributed by atoms with Crippen molar-refractivity contribution in [3.8, 4) is 0 Å². The van der Waals surface area contributed by atoms with Gasteiger partial charge in [-0.05, 0) is 26.2 Å². The Morgan fingerprint density at radius 2 is 2.31 bits per heavy atom. The summed E-state index contributed by atoms with van der Waals surface area (Å²) in [5, 5.41) is 4.12. The number of aromatic nitrogens is 2. The van der Waals surface area contributed by atoms with Gasteiger partial charge in [0.15, 0.2) is 5.69 Å². The number of aryl methyl sites for hydroxylation is 1. The molecule has 88 valence electrons. The first-order valence-corrected chi connectivity index (χ1v) is 5.70. The molecule has 2 N–H and O–H groups in total. The van der Waals surface area contributed by atoms with Crippen molar-refractivity contribution in [2.75, 3.05) is 12.3 Å². The molecule has 0 aromatic carbocycles. The maximum Gasteiger partial charge on any atom is 0.274 e. The number of likely N-dealkylation sites (tertiary alicyclic amines) is 1. The highest BCUT2D eigenvalue weighted by molar-refractivity contribution is 5.93. The van der Waals surface area contributed by atoms with E-state index in [4.69, 9.17) is 5.73 Å². The van der Waals surface area contributed by atoms with Crippen molar-refractivity contribution < 1.29 is 4.79 Å². The summed E-state index contributed by atoms with van der Waals surface area (Å²) in [6, 6.07) is 1.95. The van der Waals surface area contributed by atoms with E-state index in [9.17, 15) is 4.79 Å². The summed E-state index contributed by atoms with van der Waals surface area (Å²) in [5.41, 5.74) is 6.12. The average Bonchev–Trinajstić information content (AvgIpc) is 2.59. The van der Waals surface area contributed by atoms with E-state index in [2.05, 4.69) is 12.0 Å². The van der Waals surface area contributed by atoms with Gasteiger partial charge >= 0.3 is 0 Å². The second-order valence-electron chi connectivity index (χ2n) is 4.42. The van der Waals surface area contributed by atoms with Crippen molar-refractivity contribution in [1.82, 2.24) is 14.7 Å². The highest BCUT2D eigenvalue weighted by atomic mass is 16.2. The molecular formula is C11H18N4O. The van der Waals surface area contributed by atoms with Gasteiger partial charge in [0.25, 0.3) is 5.91 Å². The first kappa shape index (κ1) is 11.0. The molecule has 1 aromatic heterocycles. The number of nitrogen functional groups attached to an aromatic ring is 1. The van der Waals surface area contributed by atoms with Crippen LogP contribution in [-0.4, -0.2) is 33.2 Å². The van der Waals surface area contributed by atoms with Gasteiger partial charge in [-0.15, -0.1) is 0 Å². The minimum absolute atomic E-state index is 0.000463. The summed E-state index contributed by atoms with van der Waals surface area (Å²) >= 11 is 0. The van der Waals surface area contributed by atoms with Gasteiger partial charge in [-0.1, -0.05) is 0 Å². The van der Waals surface area contributed by atoms with Crippen LogP contribution in [0, 0.1) is 0 Å². The highest BCUT2D eigenvalue weighted by Gasteiger charge is 2.25. The van der Waals surface area contributed by atoms with Gasteiger partial charge in [-0.2, -0.15) is 5.10 Å². The molecule has 1 aromatic rings. The fourth-order valence-corrected chi connectivity index (χ4v) is 2.13. The lowest BCUT2D eigenvalue weighted by Gasteiger charge is -2.32. The van der Waals surface area contributed by atoms with Crippen LogP contribution in [0.3, 0.4) is 0 Å². The minimum atomic E-state index is -0.000463. The van der Waals surface area contributed by atoms with Crippen LogP contribution in [0.2, 0.25) is 0 Å². The van der Waals surface area contributed by atoms with Gasteiger partial charge in [0.1, 0.15) is 5.82 Å². The van der Waals surface area contributed by atoms with Crippen LogP contribution in [0.25, 0.3) is 0 Å². The van der Waals surface area contributed by atoms with E-state index in [0.717, 1.165) is 19.4 Å². The molecule has 1 unspecified atom stereocenters. The van der Waals surface area contributed by atoms with Crippen molar-refractivity contribution >= 4 is 11.7 Å². The SMILES string of the molecule is CC1CCCCN1C(=O)c1cc(N)n(C)n1. The molecule has 0 bridgehead atoms. The Morgan fingerprint density at radius 3 is 2.88 bits per heavy atom. The van der Waals surface area contributed by atoms with Gasteiger partial charge in [0.05, 0.1) is 0 Å². The van der Waals surface area contributed by atoms with E-state index < -0.39 is 0 Å². The number of hydrogen-bond acceptors (Lipinski definition) is 3. The van der Waals surface area contributed by atoms with Crippen molar-refractivity contribution in [2.45, 2.75) is 32.2 Å². The third-order valence-corrected chi connectivity index (χ3v) is 3.20. The Hall–Kier alpha value is -1.52. The topological polar surface area (TPSA) is 64.2 Å². The number of nitrogens with two attached hydrogens (primary N) is 1. The molecule has 5 heteroatoms. The van der Waals surface area contributed by atoms with E-state index in [1.165, 1.54) is 11.1 Å². The van der Waals surface area contributed by atoms with Crippen LogP contribution in [0.4, 0.5) is 5.82 Å². The van der Waals surface area contributed by atoms with E-state index in [1.807, 2.05) is 4.90 Å². The van der Waals surface area contributed by atoms with Crippen molar-refractivity contribution in [2.24, 2.45) is 7.05 Å². The Morgan fingerprint density at radius 1 is 1.56 bits per heavy atom. The Labute approximate surface area is 95.2 Å². The van der Waals surface area contributed by atoms with Gasteiger partial charge in [0, 0.05) is 25.7 Å². The molecule has 16 heavy (non-hydrogen) atoms. The van der Waals surface area contributed by atoms with Crippen LogP contribution in [0.15, 0.2) is 6.07 Å². The quantitative estimate of drug-likeness (QED) is 0.771. The van der Waals surface area contributed by atoms with E-state index in [0.29, 0.717) is 17.6 Å². The number of nitrogens with zero attached hydrogens (tertiary/aromatic N) is 3. The van der Waals surface area contributed by atoms with Gasteiger partial charge in [-0.3, -0.25) is 9.48 Å². The lowest BCUT2D eigenvalue weighted by molar-refractivity contribution is 0.0628. The van der Waals surface area contributed by atoms with E-state index >= 15 is 0 Å². The van der Waals surface area contributed by atoms with Crippen LogP contribution in [0.5, 0.6) is 0 Å². The molecule has 0 spiro atoms. The van der Waals surface area contributed by atoms with Gasteiger partial charge in [0.2, 0.25) is 0 Å². The molecule has 0 aliphatic carbocycles. The molecule has 1 aliphatic rings. The summed E-state index contributed by atoms with van der Waals surface area (Å²) in [5.74, 6) is 0.521. The van der Waals surface area contributed by atoms with Crippen molar-refractivity contribution in [3.63, 3.8) is 0 Å². The van der Waals surface area contributed by atoms with Crippen LogP contribution >= 0.6 is 0 Å². The highest BCUT2D eigenvalue weighted by Crippen LogP contribution is 2.19. The second kappa shape index (κ2) is 4.15. The number of carbonyl (C=O) groups is 1. The second-order valence-corrected chi connectivity index (χ2v) is 4.42. The molecule has 0 radical (unpaired) electrons. The van der Waals surface area contributed by atoms with Crippen LogP contribution < -0.4 is 5.73 Å². The van der Waals surface area contributed by atoms with Gasteiger partial charge < -0.3 is 10.6 Å². The maximum atomic E-state index is 12.2. The maximum absolute atomic E-state index is 12.2. The summed E-state index contributed by atoms with van der Waals surface area (Å²) < 4.78 is 1.53. The predicted octanol–water partition coefficient (Wildman–Crippen LogP) is 1.02. The molecule has 1 aliphatic heterocycles. The number of hydrogen-bond donors (Lipinski definition) is 1. The fourth-order valence-electron chi connectivity index (χ4n) is 2.13. The fraction of sp³-hybridized carbons (Fsp3) is 0.636. The largest absolute Gasteiger partial charge is 0.384 e. The predicted molar refractivity (Wildman–Crippen MR) is 62.0 cm³/mol. The zero-order valence-electron chi connectivity index (χ0n) is 9.81. The lowest BCUT2D eigenvalue weighted by atomic mass is 10.0. The monoisotopic (exact) mass is 222 g/mol. The number of amides is 1. The smallest absolute Gasteiger partial charge is 0.274 e. The molecule has 5 nitrogen and oxygen atoms in total. The number of rotatable bonds is 1. The first-order valence-electron chi connectivity index (χ1n) is 5.70. The normalized spacial score (nSPS) is 21.1. The third-order valence-electron chi connectivity index (χ3n) is 3.20. The molecule has 0 saturated carbocycles. The van der Waals surface area contributed by atoms with E-state index in [-0.39, 0.29) is 5.91 Å². The molecule has 1 fully saturated rings. The third kappa shape index (κ3) is 1.89. The molecule has 2 rings (SSSR count). The summed E-state index contributed by atoms with van der Waals surface area (Å²) in [6.45, 7) is 2.92. The van der Waals surface area contributed by atoms with Gasteiger partial charge in [-0.25, -0.2) is 0 Å². The summed E-state index contributed by atoms with van der Waals surface area (Å²) in [6.07, 6.45) is 3.36. The van der Waals surface area contributed by atoms with E-state index in [1.54, 1.807) is 13.1 Å².